The van der Waals surface area contributed by atoms with Crippen LogP contribution in [0.5, 0.6) is 0 Å². The maximum atomic E-state index is 6.18. The van der Waals surface area contributed by atoms with E-state index in [1.165, 1.54) is 25.7 Å². The lowest BCUT2D eigenvalue weighted by Crippen LogP contribution is -1.99. The molecule has 0 aliphatic heterocycles. The molecule has 0 saturated heterocycles. The minimum Gasteiger partial charge on any atom is -0.399 e. The van der Waals surface area contributed by atoms with Gasteiger partial charge < -0.3 is 10.3 Å². The van der Waals surface area contributed by atoms with E-state index in [9.17, 15) is 0 Å². The normalized spacial score (nSPS) is 17.1. The van der Waals surface area contributed by atoms with Crippen molar-refractivity contribution in [3.8, 4) is 11.5 Å². The van der Waals surface area contributed by atoms with Gasteiger partial charge in [-0.25, -0.2) is 0 Å². The Labute approximate surface area is 123 Å². The first-order chi connectivity index (χ1) is 9.74. The lowest BCUT2D eigenvalue weighted by atomic mass is 10.00. The fraction of sp³-hybridized carbons (Fsp3) is 0.467. The Kier molecular flexibility index (Phi) is 3.92. The summed E-state index contributed by atoms with van der Waals surface area (Å²) in [6.45, 7) is 0. The number of halogens is 1. The molecular weight excluding hydrogens is 274 g/mol. The van der Waals surface area contributed by atoms with E-state index < -0.39 is 0 Å². The topological polar surface area (TPSA) is 64.9 Å². The molecule has 4 nitrogen and oxygen atoms in total. The van der Waals surface area contributed by atoms with Gasteiger partial charge >= 0.3 is 0 Å². The number of rotatable bonds is 2. The fourth-order valence-electron chi connectivity index (χ4n) is 2.75. The second kappa shape index (κ2) is 5.83. The van der Waals surface area contributed by atoms with Gasteiger partial charge in [-0.05, 0) is 31.0 Å². The molecule has 1 fully saturated rings. The summed E-state index contributed by atoms with van der Waals surface area (Å²) in [5.74, 6) is 1.71. The molecule has 5 heteroatoms. The quantitative estimate of drug-likeness (QED) is 0.657. The molecule has 0 bridgehead atoms. The average Bonchev–Trinajstić information content (AvgIpc) is 2.74. The third-order valence-corrected chi connectivity index (χ3v) is 4.20. The molecule has 0 spiro atoms. The fourth-order valence-corrected chi connectivity index (χ4v) is 3.02. The van der Waals surface area contributed by atoms with Gasteiger partial charge in [0.05, 0.1) is 10.6 Å². The number of aromatic nitrogens is 2. The van der Waals surface area contributed by atoms with Crippen LogP contribution in [0, 0.1) is 0 Å². The molecule has 0 amide bonds. The van der Waals surface area contributed by atoms with Gasteiger partial charge in [-0.2, -0.15) is 4.98 Å². The standard InChI is InChI=1S/C15H18ClN3O/c16-13-9-11(17)7-8-12(13)15-18-14(19-20-15)10-5-3-1-2-4-6-10/h7-10H,1-6,17H2. The highest BCUT2D eigenvalue weighted by molar-refractivity contribution is 6.33. The Morgan fingerprint density at radius 1 is 1.15 bits per heavy atom. The van der Waals surface area contributed by atoms with E-state index in [1.54, 1.807) is 12.1 Å². The molecule has 20 heavy (non-hydrogen) atoms. The first kappa shape index (κ1) is 13.4. The van der Waals surface area contributed by atoms with Crippen LogP contribution in [0.1, 0.15) is 50.3 Å². The van der Waals surface area contributed by atoms with Crippen LogP contribution in [0.2, 0.25) is 5.02 Å². The molecule has 1 aliphatic rings. The summed E-state index contributed by atoms with van der Waals surface area (Å²) in [7, 11) is 0. The van der Waals surface area contributed by atoms with Crippen LogP contribution in [0.25, 0.3) is 11.5 Å². The highest BCUT2D eigenvalue weighted by Gasteiger charge is 2.21. The van der Waals surface area contributed by atoms with E-state index in [2.05, 4.69) is 10.1 Å². The van der Waals surface area contributed by atoms with Gasteiger partial charge in [-0.1, -0.05) is 42.4 Å². The zero-order valence-electron chi connectivity index (χ0n) is 11.3. The maximum Gasteiger partial charge on any atom is 0.259 e. The number of benzene rings is 1. The molecule has 1 aromatic heterocycles. The van der Waals surface area contributed by atoms with Gasteiger partial charge in [0.25, 0.3) is 5.89 Å². The summed E-state index contributed by atoms with van der Waals surface area (Å²) >= 11 is 6.18. The van der Waals surface area contributed by atoms with Crippen molar-refractivity contribution in [1.29, 1.82) is 0 Å². The summed E-state index contributed by atoms with van der Waals surface area (Å²) in [5, 5.41) is 4.69. The average molecular weight is 292 g/mol. The predicted molar refractivity (Wildman–Crippen MR) is 79.6 cm³/mol. The van der Waals surface area contributed by atoms with Crippen molar-refractivity contribution in [2.24, 2.45) is 0 Å². The van der Waals surface area contributed by atoms with Crippen LogP contribution in [0.3, 0.4) is 0 Å². The predicted octanol–water partition coefficient (Wildman–Crippen LogP) is 4.41. The molecular formula is C15H18ClN3O. The van der Waals surface area contributed by atoms with Crippen LogP contribution < -0.4 is 5.73 Å². The summed E-state index contributed by atoms with van der Waals surface area (Å²) < 4.78 is 5.38. The van der Waals surface area contributed by atoms with Crippen molar-refractivity contribution >= 4 is 17.3 Å². The molecule has 1 aromatic carbocycles. The van der Waals surface area contributed by atoms with E-state index in [1.807, 2.05) is 6.07 Å². The Bertz CT molecular complexity index is 589. The van der Waals surface area contributed by atoms with Crippen molar-refractivity contribution in [2.45, 2.75) is 44.4 Å². The SMILES string of the molecule is Nc1ccc(-c2nc(C3CCCCCC3)no2)c(Cl)c1. The summed E-state index contributed by atoms with van der Waals surface area (Å²) in [4.78, 5) is 4.53. The summed E-state index contributed by atoms with van der Waals surface area (Å²) in [5.41, 5.74) is 7.06. The van der Waals surface area contributed by atoms with Gasteiger partial charge in [0.1, 0.15) is 0 Å². The second-order valence-corrected chi connectivity index (χ2v) is 5.79. The maximum absolute atomic E-state index is 6.18. The van der Waals surface area contributed by atoms with Gasteiger partial charge in [-0.15, -0.1) is 0 Å². The highest BCUT2D eigenvalue weighted by Crippen LogP contribution is 2.33. The van der Waals surface area contributed by atoms with E-state index in [0.29, 0.717) is 22.5 Å². The van der Waals surface area contributed by atoms with E-state index >= 15 is 0 Å². The monoisotopic (exact) mass is 291 g/mol. The smallest absolute Gasteiger partial charge is 0.259 e. The van der Waals surface area contributed by atoms with Crippen molar-refractivity contribution in [1.82, 2.24) is 10.1 Å². The lowest BCUT2D eigenvalue weighted by molar-refractivity contribution is 0.410. The highest BCUT2D eigenvalue weighted by atomic mass is 35.5. The molecule has 0 radical (unpaired) electrons. The number of nitrogens with zero attached hydrogens (tertiary/aromatic N) is 2. The minimum absolute atomic E-state index is 0.419. The summed E-state index contributed by atoms with van der Waals surface area (Å²) in [6, 6.07) is 5.31. The van der Waals surface area contributed by atoms with Crippen LogP contribution in [-0.2, 0) is 0 Å². The number of nitrogens with two attached hydrogens (primary N) is 1. The van der Waals surface area contributed by atoms with Crippen molar-refractivity contribution in [3.63, 3.8) is 0 Å². The van der Waals surface area contributed by atoms with Crippen molar-refractivity contribution < 1.29 is 4.52 Å². The molecule has 1 heterocycles. The van der Waals surface area contributed by atoms with Gasteiger partial charge in [0.2, 0.25) is 0 Å². The lowest BCUT2D eigenvalue weighted by Gasteiger charge is -2.07. The van der Waals surface area contributed by atoms with Gasteiger partial charge in [-0.3, -0.25) is 0 Å². The van der Waals surface area contributed by atoms with Crippen LogP contribution in [0.4, 0.5) is 5.69 Å². The Morgan fingerprint density at radius 3 is 2.60 bits per heavy atom. The number of hydrogen-bond acceptors (Lipinski definition) is 4. The van der Waals surface area contributed by atoms with E-state index in [-0.39, 0.29) is 0 Å². The van der Waals surface area contributed by atoms with Gasteiger partial charge in [0.15, 0.2) is 5.82 Å². The number of nitrogen functional groups attached to an aromatic ring is 1. The molecule has 0 unspecified atom stereocenters. The zero-order valence-corrected chi connectivity index (χ0v) is 12.1. The van der Waals surface area contributed by atoms with E-state index in [0.717, 1.165) is 24.2 Å². The Morgan fingerprint density at radius 2 is 1.90 bits per heavy atom. The molecule has 1 aliphatic carbocycles. The first-order valence-electron chi connectivity index (χ1n) is 7.13. The molecule has 1 saturated carbocycles. The van der Waals surface area contributed by atoms with Crippen LogP contribution in [0.15, 0.2) is 22.7 Å². The van der Waals surface area contributed by atoms with Crippen LogP contribution in [-0.4, -0.2) is 10.1 Å². The zero-order chi connectivity index (χ0) is 13.9. The molecule has 106 valence electrons. The molecule has 0 atom stereocenters. The van der Waals surface area contributed by atoms with E-state index in [4.69, 9.17) is 21.9 Å². The Hall–Kier alpha value is -1.55. The molecule has 2 N–H and O–H groups in total. The molecule has 3 rings (SSSR count). The Balaban J connectivity index is 1.85. The largest absolute Gasteiger partial charge is 0.399 e. The number of anilines is 1. The van der Waals surface area contributed by atoms with Crippen molar-refractivity contribution in [3.05, 3.63) is 29.0 Å². The van der Waals surface area contributed by atoms with Gasteiger partial charge in [0, 0.05) is 11.6 Å². The second-order valence-electron chi connectivity index (χ2n) is 5.39. The third-order valence-electron chi connectivity index (χ3n) is 3.89. The summed E-state index contributed by atoms with van der Waals surface area (Å²) in [6.07, 6.45) is 7.41. The number of hydrogen-bond donors (Lipinski definition) is 1. The van der Waals surface area contributed by atoms with Crippen molar-refractivity contribution in [2.75, 3.05) is 5.73 Å². The molecule has 2 aromatic rings. The third kappa shape index (κ3) is 2.80. The van der Waals surface area contributed by atoms with Crippen LogP contribution >= 0.6 is 11.6 Å². The minimum atomic E-state index is 0.419. The first-order valence-corrected chi connectivity index (χ1v) is 7.51.